The average molecular weight is 493 g/mol. The Labute approximate surface area is 210 Å². The van der Waals surface area contributed by atoms with Gasteiger partial charge in [0, 0.05) is 48.1 Å². The molecule has 3 heterocycles. The molecular formula is C27H29ClN4O3. The highest BCUT2D eigenvalue weighted by atomic mass is 35.5. The minimum absolute atomic E-state index is 0.0326. The summed E-state index contributed by atoms with van der Waals surface area (Å²) in [7, 11) is 0. The molecule has 1 saturated heterocycles. The van der Waals surface area contributed by atoms with Crippen molar-refractivity contribution in [3.05, 3.63) is 76.3 Å². The first-order valence-electron chi connectivity index (χ1n) is 12.3. The lowest BCUT2D eigenvalue weighted by Gasteiger charge is -2.32. The second-order valence-corrected chi connectivity index (χ2v) is 9.70. The van der Waals surface area contributed by atoms with Crippen LogP contribution in [0.15, 0.2) is 48.5 Å². The standard InChI is InChI=1S/C27H29ClN4O3/c28-22-11-7-19(8-12-22)26(34)20-9-13-23(14-10-20)35-18-25(33)31-15-4-5-21(17-31)27-30-29-24-6-2-1-3-16-32(24)27/h7-14,21H,1-6,15-18H2. The van der Waals surface area contributed by atoms with Crippen molar-refractivity contribution in [1.29, 1.82) is 0 Å². The van der Waals surface area contributed by atoms with Gasteiger partial charge in [-0.05, 0) is 74.2 Å². The van der Waals surface area contributed by atoms with Crippen molar-refractivity contribution < 1.29 is 14.3 Å². The number of hydrogen-bond donors (Lipinski definition) is 0. The highest BCUT2D eigenvalue weighted by Gasteiger charge is 2.29. The molecular weight excluding hydrogens is 464 g/mol. The maximum absolute atomic E-state index is 12.9. The van der Waals surface area contributed by atoms with Gasteiger partial charge in [-0.15, -0.1) is 10.2 Å². The maximum Gasteiger partial charge on any atom is 0.260 e. The molecule has 1 amide bonds. The van der Waals surface area contributed by atoms with Crippen LogP contribution in [0.2, 0.25) is 5.02 Å². The normalized spacial score (nSPS) is 18.0. The molecule has 0 N–H and O–H groups in total. The topological polar surface area (TPSA) is 77.3 Å². The number of nitrogens with zero attached hydrogens (tertiary/aromatic N) is 4. The minimum atomic E-state index is -0.0879. The highest BCUT2D eigenvalue weighted by Crippen LogP contribution is 2.28. The van der Waals surface area contributed by atoms with Crippen LogP contribution in [-0.2, 0) is 17.8 Å². The Kier molecular flexibility index (Phi) is 7.13. The van der Waals surface area contributed by atoms with Gasteiger partial charge in [-0.3, -0.25) is 9.59 Å². The summed E-state index contributed by atoms with van der Waals surface area (Å²) in [6.07, 6.45) is 6.50. The molecule has 7 nitrogen and oxygen atoms in total. The molecule has 5 rings (SSSR count). The summed E-state index contributed by atoms with van der Waals surface area (Å²) in [6, 6.07) is 13.7. The fourth-order valence-corrected chi connectivity index (χ4v) is 5.06. The molecule has 0 saturated carbocycles. The summed E-state index contributed by atoms with van der Waals surface area (Å²) in [5.74, 6) is 2.76. The first-order chi connectivity index (χ1) is 17.1. The van der Waals surface area contributed by atoms with Crippen molar-refractivity contribution in [2.24, 2.45) is 0 Å². The predicted molar refractivity (Wildman–Crippen MR) is 133 cm³/mol. The van der Waals surface area contributed by atoms with Crippen LogP contribution in [0.5, 0.6) is 5.75 Å². The molecule has 0 spiro atoms. The molecule has 0 radical (unpaired) electrons. The monoisotopic (exact) mass is 492 g/mol. The van der Waals surface area contributed by atoms with E-state index >= 15 is 0 Å². The lowest BCUT2D eigenvalue weighted by Crippen LogP contribution is -2.42. The molecule has 2 aliphatic heterocycles. The molecule has 0 aliphatic carbocycles. The number of aromatic nitrogens is 3. The molecule has 1 aromatic heterocycles. The number of ketones is 1. The van der Waals surface area contributed by atoms with Crippen molar-refractivity contribution in [2.75, 3.05) is 19.7 Å². The molecule has 35 heavy (non-hydrogen) atoms. The Hall–Kier alpha value is -3.19. The number of halogens is 1. The lowest BCUT2D eigenvalue weighted by atomic mass is 9.97. The number of rotatable bonds is 6. The average Bonchev–Trinajstić information content (AvgIpc) is 3.15. The first-order valence-corrected chi connectivity index (χ1v) is 12.7. The van der Waals surface area contributed by atoms with Gasteiger partial charge in [0.25, 0.3) is 5.91 Å². The third-order valence-corrected chi connectivity index (χ3v) is 7.11. The fraction of sp³-hybridized carbons (Fsp3) is 0.407. The summed E-state index contributed by atoms with van der Waals surface area (Å²) < 4.78 is 8.04. The van der Waals surface area contributed by atoms with Crippen molar-refractivity contribution >= 4 is 23.3 Å². The van der Waals surface area contributed by atoms with E-state index in [9.17, 15) is 9.59 Å². The van der Waals surface area contributed by atoms with E-state index in [2.05, 4.69) is 14.8 Å². The second kappa shape index (κ2) is 10.6. The quantitative estimate of drug-likeness (QED) is 0.467. The third-order valence-electron chi connectivity index (χ3n) is 6.86. The van der Waals surface area contributed by atoms with Crippen LogP contribution in [-0.4, -0.2) is 51.1 Å². The summed E-state index contributed by atoms with van der Waals surface area (Å²) in [5, 5.41) is 9.53. The van der Waals surface area contributed by atoms with E-state index in [4.69, 9.17) is 16.3 Å². The van der Waals surface area contributed by atoms with Crippen LogP contribution in [0, 0.1) is 0 Å². The van der Waals surface area contributed by atoms with Gasteiger partial charge in [-0.2, -0.15) is 0 Å². The summed E-state index contributed by atoms with van der Waals surface area (Å²) >= 11 is 5.90. The largest absolute Gasteiger partial charge is 0.484 e. The molecule has 1 unspecified atom stereocenters. The number of benzene rings is 2. The summed E-state index contributed by atoms with van der Waals surface area (Å²) in [6.45, 7) is 2.32. The van der Waals surface area contributed by atoms with Crippen LogP contribution in [0.3, 0.4) is 0 Å². The van der Waals surface area contributed by atoms with Crippen LogP contribution in [0.4, 0.5) is 0 Å². The first kappa shape index (κ1) is 23.5. The van der Waals surface area contributed by atoms with Gasteiger partial charge in [0.05, 0.1) is 0 Å². The van der Waals surface area contributed by atoms with E-state index in [1.807, 2.05) is 4.90 Å². The molecule has 2 aromatic carbocycles. The maximum atomic E-state index is 12.9. The van der Waals surface area contributed by atoms with E-state index in [1.165, 1.54) is 12.8 Å². The number of piperidine rings is 1. The Balaban J connectivity index is 1.17. The Morgan fingerprint density at radius 2 is 1.66 bits per heavy atom. The van der Waals surface area contributed by atoms with Gasteiger partial charge >= 0.3 is 0 Å². The Bertz CT molecular complexity index is 1190. The van der Waals surface area contributed by atoms with Gasteiger partial charge in [0.1, 0.15) is 17.4 Å². The number of fused-ring (bicyclic) bond motifs is 1. The number of aryl methyl sites for hydroxylation is 1. The smallest absolute Gasteiger partial charge is 0.260 e. The number of carbonyl (C=O) groups is 2. The van der Waals surface area contributed by atoms with Gasteiger partial charge < -0.3 is 14.2 Å². The zero-order valence-corrected chi connectivity index (χ0v) is 20.4. The summed E-state index contributed by atoms with van der Waals surface area (Å²) in [4.78, 5) is 27.4. The van der Waals surface area contributed by atoms with Gasteiger partial charge in [-0.25, -0.2) is 0 Å². The minimum Gasteiger partial charge on any atom is -0.484 e. The number of carbonyl (C=O) groups excluding carboxylic acids is 2. The van der Waals surface area contributed by atoms with E-state index in [1.54, 1.807) is 48.5 Å². The molecule has 2 aliphatic rings. The van der Waals surface area contributed by atoms with Crippen LogP contribution in [0.25, 0.3) is 0 Å². The molecule has 1 fully saturated rings. The van der Waals surface area contributed by atoms with Crippen molar-refractivity contribution in [3.8, 4) is 5.75 Å². The molecule has 182 valence electrons. The predicted octanol–water partition coefficient (Wildman–Crippen LogP) is 4.67. The number of ether oxygens (including phenoxy) is 1. The van der Waals surface area contributed by atoms with Crippen molar-refractivity contribution in [1.82, 2.24) is 19.7 Å². The molecule has 8 heteroatoms. The van der Waals surface area contributed by atoms with E-state index in [0.29, 0.717) is 28.4 Å². The van der Waals surface area contributed by atoms with Crippen LogP contribution < -0.4 is 4.74 Å². The third kappa shape index (κ3) is 5.40. The van der Waals surface area contributed by atoms with E-state index < -0.39 is 0 Å². The van der Waals surface area contributed by atoms with Gasteiger partial charge in [0.2, 0.25) is 0 Å². The van der Waals surface area contributed by atoms with Gasteiger partial charge in [0.15, 0.2) is 12.4 Å². The number of hydrogen-bond acceptors (Lipinski definition) is 5. The molecule has 0 bridgehead atoms. The lowest BCUT2D eigenvalue weighted by molar-refractivity contribution is -0.134. The fourth-order valence-electron chi connectivity index (χ4n) is 4.93. The number of likely N-dealkylation sites (tertiary alicyclic amines) is 1. The molecule has 3 aromatic rings. The Morgan fingerprint density at radius 1 is 0.914 bits per heavy atom. The van der Waals surface area contributed by atoms with Crippen molar-refractivity contribution in [3.63, 3.8) is 0 Å². The highest BCUT2D eigenvalue weighted by molar-refractivity contribution is 6.30. The Morgan fingerprint density at radius 3 is 2.43 bits per heavy atom. The van der Waals surface area contributed by atoms with Crippen LogP contribution >= 0.6 is 11.6 Å². The zero-order chi connectivity index (χ0) is 24.2. The van der Waals surface area contributed by atoms with E-state index in [0.717, 1.165) is 50.4 Å². The van der Waals surface area contributed by atoms with Gasteiger partial charge in [-0.1, -0.05) is 18.0 Å². The van der Waals surface area contributed by atoms with E-state index in [-0.39, 0.29) is 24.2 Å². The van der Waals surface area contributed by atoms with Crippen LogP contribution in [0.1, 0.15) is 65.6 Å². The molecule has 1 atom stereocenters. The van der Waals surface area contributed by atoms with Crippen molar-refractivity contribution in [2.45, 2.75) is 51.0 Å². The SMILES string of the molecule is O=C(c1ccc(Cl)cc1)c1ccc(OCC(=O)N2CCCC(c3nnc4n3CCCCC4)C2)cc1. The summed E-state index contributed by atoms with van der Waals surface area (Å²) in [5.41, 5.74) is 1.12. The number of amides is 1. The second-order valence-electron chi connectivity index (χ2n) is 9.26. The zero-order valence-electron chi connectivity index (χ0n) is 19.7.